The highest BCUT2D eigenvalue weighted by Gasteiger charge is 2.24. The minimum Gasteiger partial charge on any atom is -0.480 e. The molecular weight excluding hydrogens is 294 g/mol. The maximum Gasteiger partial charge on any atom is 0.394 e. The monoisotopic (exact) mass is 309 g/mol. The molecule has 0 radical (unpaired) electrons. The molecule has 0 bridgehead atoms. The first-order valence-electron chi connectivity index (χ1n) is 6.36. The van der Waals surface area contributed by atoms with E-state index in [9.17, 15) is 19.2 Å². The summed E-state index contributed by atoms with van der Waals surface area (Å²) >= 11 is 0. The number of carbonyl (C=O) groups is 4. The lowest BCUT2D eigenvalue weighted by atomic mass is 10.1. The third-order valence-corrected chi connectivity index (χ3v) is 2.68. The highest BCUT2D eigenvalue weighted by Crippen LogP contribution is 2.04. The Morgan fingerprint density at radius 3 is 2.27 bits per heavy atom. The third-order valence-electron chi connectivity index (χ3n) is 2.68. The molecule has 1 rings (SSSR count). The first-order valence-corrected chi connectivity index (χ1v) is 6.36. The number of rotatable bonds is 7. The van der Waals surface area contributed by atoms with Crippen LogP contribution in [-0.4, -0.2) is 40.1 Å². The van der Waals surface area contributed by atoms with Crippen LogP contribution in [0.1, 0.15) is 18.4 Å². The highest BCUT2D eigenvalue weighted by atomic mass is 16.5. The topological polar surface area (TPSA) is 130 Å². The number of benzene rings is 1. The summed E-state index contributed by atoms with van der Waals surface area (Å²) in [6, 6.07) is 7.44. The zero-order chi connectivity index (χ0) is 16.5. The van der Waals surface area contributed by atoms with Crippen LogP contribution in [0.15, 0.2) is 30.3 Å². The van der Waals surface area contributed by atoms with Crippen LogP contribution in [0.2, 0.25) is 0 Å². The molecule has 0 spiro atoms. The molecule has 8 nitrogen and oxygen atoms in total. The molecule has 3 N–H and O–H groups in total. The molecule has 0 saturated heterocycles. The van der Waals surface area contributed by atoms with E-state index in [1.165, 1.54) is 0 Å². The van der Waals surface area contributed by atoms with E-state index in [1.807, 2.05) is 6.07 Å². The minimum atomic E-state index is -1.79. The van der Waals surface area contributed by atoms with E-state index in [-0.39, 0.29) is 19.4 Å². The Bertz CT molecular complexity index is 556. The van der Waals surface area contributed by atoms with Gasteiger partial charge in [-0.2, -0.15) is 0 Å². The van der Waals surface area contributed by atoms with Crippen molar-refractivity contribution in [2.24, 2.45) is 0 Å². The maximum atomic E-state index is 11.5. The molecule has 0 unspecified atom stereocenters. The van der Waals surface area contributed by atoms with Gasteiger partial charge < -0.3 is 20.3 Å². The second-order valence-corrected chi connectivity index (χ2v) is 4.35. The maximum absolute atomic E-state index is 11.5. The van der Waals surface area contributed by atoms with Gasteiger partial charge in [0.1, 0.15) is 12.6 Å². The Kier molecular flexibility index (Phi) is 6.55. The number of carboxylic acid groups (broad SMARTS) is 2. The number of carboxylic acids is 2. The summed E-state index contributed by atoms with van der Waals surface area (Å²) in [5, 5.41) is 19.1. The van der Waals surface area contributed by atoms with Crippen LogP contribution in [0.4, 0.5) is 0 Å². The molecule has 0 aliphatic heterocycles. The van der Waals surface area contributed by atoms with Crippen molar-refractivity contribution in [1.82, 2.24) is 5.32 Å². The van der Waals surface area contributed by atoms with Crippen LogP contribution in [0.3, 0.4) is 0 Å². The summed E-state index contributed by atoms with van der Waals surface area (Å²) < 4.78 is 4.95. The molecule has 0 fully saturated rings. The van der Waals surface area contributed by atoms with Crippen molar-refractivity contribution in [3.63, 3.8) is 0 Å². The summed E-state index contributed by atoms with van der Waals surface area (Å²) in [7, 11) is 0. The summed E-state index contributed by atoms with van der Waals surface area (Å²) in [6.07, 6.45) is -0.522. The Balaban J connectivity index is 2.41. The molecule has 0 aromatic heterocycles. The lowest BCUT2D eigenvalue weighted by Gasteiger charge is -2.12. The van der Waals surface area contributed by atoms with Gasteiger partial charge in [0.2, 0.25) is 0 Å². The second kappa shape index (κ2) is 8.40. The smallest absolute Gasteiger partial charge is 0.394 e. The average Bonchev–Trinajstić information content (AvgIpc) is 2.49. The molecule has 1 aromatic rings. The summed E-state index contributed by atoms with van der Waals surface area (Å²) in [5.74, 6) is -5.30. The fourth-order valence-corrected chi connectivity index (χ4v) is 1.55. The molecule has 8 heteroatoms. The lowest BCUT2D eigenvalue weighted by Crippen LogP contribution is -2.44. The number of esters is 1. The van der Waals surface area contributed by atoms with Crippen molar-refractivity contribution in [2.45, 2.75) is 25.5 Å². The molecule has 118 valence electrons. The van der Waals surface area contributed by atoms with E-state index in [2.05, 4.69) is 0 Å². The van der Waals surface area contributed by atoms with E-state index in [0.717, 1.165) is 5.56 Å². The standard InChI is InChI=1S/C14H15NO7/c16-11(22-8-9-4-2-1-3-5-9)7-6-10(13(18)19)15-12(17)14(20)21/h1-5,10H,6-8H2,(H,15,17)(H,18,19)(H,20,21)/t10-/m0/s1. The first-order chi connectivity index (χ1) is 10.4. The number of carbonyl (C=O) groups excluding carboxylic acids is 2. The van der Waals surface area contributed by atoms with Crippen LogP contribution in [0.5, 0.6) is 0 Å². The largest absolute Gasteiger partial charge is 0.480 e. The minimum absolute atomic E-state index is 0.0545. The van der Waals surface area contributed by atoms with Gasteiger partial charge in [0, 0.05) is 6.42 Å². The predicted octanol–water partition coefficient (Wildman–Crippen LogP) is 0.164. The van der Waals surface area contributed by atoms with Crippen LogP contribution < -0.4 is 5.32 Å². The number of aliphatic carboxylic acids is 2. The van der Waals surface area contributed by atoms with Crippen LogP contribution in [-0.2, 0) is 30.5 Å². The van der Waals surface area contributed by atoms with E-state index >= 15 is 0 Å². The third kappa shape index (κ3) is 6.04. The summed E-state index contributed by atoms with van der Waals surface area (Å²) in [4.78, 5) is 43.7. The van der Waals surface area contributed by atoms with Gasteiger partial charge >= 0.3 is 23.8 Å². The highest BCUT2D eigenvalue weighted by molar-refractivity contribution is 6.31. The van der Waals surface area contributed by atoms with Crippen molar-refractivity contribution in [2.75, 3.05) is 0 Å². The Morgan fingerprint density at radius 1 is 1.09 bits per heavy atom. The van der Waals surface area contributed by atoms with Gasteiger partial charge in [0.05, 0.1) is 0 Å². The molecule has 1 aromatic carbocycles. The van der Waals surface area contributed by atoms with Crippen molar-refractivity contribution in [1.29, 1.82) is 0 Å². The number of hydrogen-bond acceptors (Lipinski definition) is 5. The molecule has 0 heterocycles. The van der Waals surface area contributed by atoms with Gasteiger partial charge in [-0.1, -0.05) is 30.3 Å². The zero-order valence-electron chi connectivity index (χ0n) is 11.5. The number of ether oxygens (including phenoxy) is 1. The van der Waals surface area contributed by atoms with Crippen LogP contribution in [0.25, 0.3) is 0 Å². The summed E-state index contributed by atoms with van der Waals surface area (Å²) in [6.45, 7) is 0.0545. The quantitative estimate of drug-likeness (QED) is 0.483. The van der Waals surface area contributed by atoms with Gasteiger partial charge in [0.15, 0.2) is 0 Å². The van der Waals surface area contributed by atoms with Gasteiger partial charge in [-0.25, -0.2) is 9.59 Å². The van der Waals surface area contributed by atoms with Crippen molar-refractivity contribution in [3.8, 4) is 0 Å². The van der Waals surface area contributed by atoms with Gasteiger partial charge in [0.25, 0.3) is 0 Å². The lowest BCUT2D eigenvalue weighted by molar-refractivity contribution is -0.152. The molecule has 1 atom stereocenters. The van der Waals surface area contributed by atoms with Crippen molar-refractivity contribution < 1.29 is 34.1 Å². The molecular formula is C14H15NO7. The van der Waals surface area contributed by atoms with Gasteiger partial charge in [-0.15, -0.1) is 0 Å². The zero-order valence-corrected chi connectivity index (χ0v) is 11.5. The van der Waals surface area contributed by atoms with E-state index in [0.29, 0.717) is 0 Å². The van der Waals surface area contributed by atoms with E-state index in [4.69, 9.17) is 14.9 Å². The van der Waals surface area contributed by atoms with E-state index < -0.39 is 29.9 Å². The SMILES string of the molecule is O=C(CC[C@H](NC(=O)C(=O)O)C(=O)O)OCc1ccccc1. The first kappa shape index (κ1) is 17.2. The fourth-order valence-electron chi connectivity index (χ4n) is 1.55. The van der Waals surface area contributed by atoms with Crippen molar-refractivity contribution >= 4 is 23.8 Å². The number of nitrogens with one attached hydrogen (secondary N) is 1. The fraction of sp³-hybridized carbons (Fsp3) is 0.286. The van der Waals surface area contributed by atoms with Crippen molar-refractivity contribution in [3.05, 3.63) is 35.9 Å². The Morgan fingerprint density at radius 2 is 1.73 bits per heavy atom. The predicted molar refractivity (Wildman–Crippen MR) is 72.7 cm³/mol. The van der Waals surface area contributed by atoms with E-state index in [1.54, 1.807) is 29.6 Å². The van der Waals surface area contributed by atoms with Gasteiger partial charge in [-0.05, 0) is 12.0 Å². The Labute approximate surface area is 125 Å². The van der Waals surface area contributed by atoms with Gasteiger partial charge in [-0.3, -0.25) is 9.59 Å². The molecule has 0 saturated carbocycles. The molecule has 1 amide bonds. The summed E-state index contributed by atoms with van der Waals surface area (Å²) in [5.41, 5.74) is 0.782. The van der Waals surface area contributed by atoms with Crippen LogP contribution in [0, 0.1) is 0 Å². The average molecular weight is 309 g/mol. The number of amides is 1. The molecule has 22 heavy (non-hydrogen) atoms. The Hall–Kier alpha value is -2.90. The number of hydrogen-bond donors (Lipinski definition) is 3. The second-order valence-electron chi connectivity index (χ2n) is 4.35. The normalized spacial score (nSPS) is 11.3. The molecule has 0 aliphatic carbocycles. The van der Waals surface area contributed by atoms with Crippen LogP contribution >= 0.6 is 0 Å². The molecule has 0 aliphatic rings.